The van der Waals surface area contributed by atoms with Gasteiger partial charge in [-0.2, -0.15) is 0 Å². The Morgan fingerprint density at radius 1 is 1.25 bits per heavy atom. The highest BCUT2D eigenvalue weighted by molar-refractivity contribution is 5.27. The van der Waals surface area contributed by atoms with Gasteiger partial charge in [-0.15, -0.1) is 0 Å². The van der Waals surface area contributed by atoms with Crippen LogP contribution in [0.1, 0.15) is 25.3 Å². The van der Waals surface area contributed by atoms with Gasteiger partial charge in [0.1, 0.15) is 5.75 Å². The van der Waals surface area contributed by atoms with Crippen LogP contribution in [0.15, 0.2) is 24.3 Å². The lowest BCUT2D eigenvalue weighted by atomic mass is 10.1. The van der Waals surface area contributed by atoms with Gasteiger partial charge < -0.3 is 14.6 Å². The van der Waals surface area contributed by atoms with Crippen molar-refractivity contribution in [3.8, 4) is 5.75 Å². The Bertz CT molecular complexity index is 446. The predicted octanol–water partition coefficient (Wildman–Crippen LogP) is 1.99. The minimum Gasteiger partial charge on any atom is -0.497 e. The highest BCUT2D eigenvalue weighted by Crippen LogP contribution is 2.14. The number of hydrogen-bond donors (Lipinski definition) is 1. The number of aliphatic hydroxyl groups excluding tert-OH is 1. The third kappa shape index (κ3) is 6.77. The maximum Gasteiger partial charge on any atom is 0.118 e. The van der Waals surface area contributed by atoms with Gasteiger partial charge in [0.05, 0.1) is 26.4 Å². The average Bonchev–Trinajstić information content (AvgIpc) is 2.61. The first-order chi connectivity index (χ1) is 11.7. The van der Waals surface area contributed by atoms with Crippen LogP contribution in [0.5, 0.6) is 5.75 Å². The van der Waals surface area contributed by atoms with Crippen LogP contribution >= 0.6 is 0 Å². The zero-order chi connectivity index (χ0) is 17.2. The fraction of sp³-hybridized carbons (Fsp3) is 0.684. The summed E-state index contributed by atoms with van der Waals surface area (Å²) in [6.07, 6.45) is 1.62. The highest BCUT2D eigenvalue weighted by atomic mass is 16.5. The van der Waals surface area contributed by atoms with Gasteiger partial charge in [-0.3, -0.25) is 9.80 Å². The van der Waals surface area contributed by atoms with Crippen LogP contribution < -0.4 is 4.74 Å². The summed E-state index contributed by atoms with van der Waals surface area (Å²) in [6, 6.07) is 8.20. The van der Waals surface area contributed by atoms with Crippen molar-refractivity contribution in [2.24, 2.45) is 0 Å². The summed E-state index contributed by atoms with van der Waals surface area (Å²) in [7, 11) is 1.69. The maximum atomic E-state index is 10.2. The molecule has 1 N–H and O–H groups in total. The van der Waals surface area contributed by atoms with Gasteiger partial charge in [-0.1, -0.05) is 25.5 Å². The van der Waals surface area contributed by atoms with E-state index in [1.54, 1.807) is 7.11 Å². The minimum atomic E-state index is -0.252. The molecule has 0 amide bonds. The van der Waals surface area contributed by atoms with Gasteiger partial charge in [-0.05, 0) is 24.1 Å². The second kappa shape index (κ2) is 10.7. The van der Waals surface area contributed by atoms with E-state index in [1.807, 2.05) is 12.1 Å². The molecule has 1 aliphatic rings. The first-order valence-electron chi connectivity index (χ1n) is 9.04. The number of nitrogens with zero attached hydrogens (tertiary/aromatic N) is 2. The lowest BCUT2D eigenvalue weighted by Crippen LogP contribution is -2.42. The van der Waals surface area contributed by atoms with E-state index in [2.05, 4.69) is 28.9 Å². The summed E-state index contributed by atoms with van der Waals surface area (Å²) in [6.45, 7) is 9.37. The Morgan fingerprint density at radius 2 is 1.96 bits per heavy atom. The van der Waals surface area contributed by atoms with Crippen molar-refractivity contribution in [3.05, 3.63) is 29.8 Å². The summed E-state index contributed by atoms with van der Waals surface area (Å²) in [5.74, 6) is 0.879. The molecule has 5 heteroatoms. The number of ether oxygens (including phenoxy) is 2. The normalized spacial score (nSPS) is 17.2. The monoisotopic (exact) mass is 336 g/mol. The van der Waals surface area contributed by atoms with Gasteiger partial charge in [0.15, 0.2) is 0 Å². The molecule has 0 radical (unpaired) electrons. The lowest BCUT2D eigenvalue weighted by molar-refractivity contribution is 0.0287. The fourth-order valence-corrected chi connectivity index (χ4v) is 3.05. The predicted molar refractivity (Wildman–Crippen MR) is 96.4 cm³/mol. The molecule has 0 saturated carbocycles. The van der Waals surface area contributed by atoms with Crippen molar-refractivity contribution in [2.45, 2.75) is 32.4 Å². The zero-order valence-corrected chi connectivity index (χ0v) is 15.1. The van der Waals surface area contributed by atoms with Gasteiger partial charge in [0.25, 0.3) is 0 Å². The molecule has 1 fully saturated rings. The van der Waals surface area contributed by atoms with E-state index in [1.165, 1.54) is 5.56 Å². The van der Waals surface area contributed by atoms with Crippen LogP contribution in [0.4, 0.5) is 0 Å². The van der Waals surface area contributed by atoms with Crippen molar-refractivity contribution in [2.75, 3.05) is 53.0 Å². The van der Waals surface area contributed by atoms with E-state index in [0.717, 1.165) is 71.1 Å². The van der Waals surface area contributed by atoms with Crippen LogP contribution in [-0.2, 0) is 11.3 Å². The van der Waals surface area contributed by atoms with Crippen molar-refractivity contribution < 1.29 is 14.6 Å². The molecule has 5 nitrogen and oxygen atoms in total. The first-order valence-corrected chi connectivity index (χ1v) is 9.04. The van der Waals surface area contributed by atoms with E-state index >= 15 is 0 Å². The Morgan fingerprint density at radius 3 is 2.58 bits per heavy atom. The largest absolute Gasteiger partial charge is 0.497 e. The molecule has 0 spiro atoms. The molecule has 24 heavy (non-hydrogen) atoms. The SMILES string of the molecule is CCCC(O)CN(CCN1CCOCC1)Cc1ccc(OC)cc1. The molecule has 0 aromatic heterocycles. The molecule has 0 aliphatic carbocycles. The topological polar surface area (TPSA) is 45.2 Å². The molecule has 136 valence electrons. The summed E-state index contributed by atoms with van der Waals surface area (Å²) < 4.78 is 10.6. The van der Waals surface area contributed by atoms with Crippen molar-refractivity contribution >= 4 is 0 Å². The summed E-state index contributed by atoms with van der Waals surface area (Å²) in [5, 5.41) is 10.2. The Labute approximate surface area is 146 Å². The molecule has 1 aromatic rings. The van der Waals surface area contributed by atoms with E-state index in [4.69, 9.17) is 9.47 Å². The van der Waals surface area contributed by atoms with Crippen molar-refractivity contribution in [3.63, 3.8) is 0 Å². The van der Waals surface area contributed by atoms with E-state index < -0.39 is 0 Å². The van der Waals surface area contributed by atoms with Gasteiger partial charge >= 0.3 is 0 Å². The smallest absolute Gasteiger partial charge is 0.118 e. The Kier molecular flexibility index (Phi) is 8.53. The second-order valence-corrected chi connectivity index (χ2v) is 6.48. The highest BCUT2D eigenvalue weighted by Gasteiger charge is 2.15. The number of aliphatic hydroxyl groups is 1. The minimum absolute atomic E-state index is 0.252. The number of morpholine rings is 1. The van der Waals surface area contributed by atoms with E-state index in [-0.39, 0.29) is 6.10 Å². The summed E-state index contributed by atoms with van der Waals surface area (Å²) in [4.78, 5) is 4.80. The number of methoxy groups -OCH3 is 1. The van der Waals surface area contributed by atoms with E-state index in [0.29, 0.717) is 0 Å². The molecule has 1 aromatic carbocycles. The number of hydrogen-bond acceptors (Lipinski definition) is 5. The van der Waals surface area contributed by atoms with Crippen LogP contribution in [0.25, 0.3) is 0 Å². The van der Waals surface area contributed by atoms with Crippen molar-refractivity contribution in [1.29, 1.82) is 0 Å². The Balaban J connectivity index is 1.89. The third-order valence-electron chi connectivity index (χ3n) is 4.49. The Hall–Kier alpha value is -1.14. The molecule has 1 atom stereocenters. The molecule has 1 saturated heterocycles. The summed E-state index contributed by atoms with van der Waals surface area (Å²) in [5.41, 5.74) is 1.25. The number of rotatable bonds is 10. The second-order valence-electron chi connectivity index (χ2n) is 6.48. The molecule has 1 unspecified atom stereocenters. The zero-order valence-electron chi connectivity index (χ0n) is 15.1. The van der Waals surface area contributed by atoms with Gasteiger partial charge in [-0.25, -0.2) is 0 Å². The molecular formula is C19H32N2O3. The van der Waals surface area contributed by atoms with Crippen LogP contribution in [0.2, 0.25) is 0 Å². The molecule has 2 rings (SSSR count). The first kappa shape index (κ1) is 19.2. The third-order valence-corrected chi connectivity index (χ3v) is 4.49. The standard InChI is InChI=1S/C19H32N2O3/c1-3-4-18(22)16-21(10-9-20-11-13-24-14-12-20)15-17-5-7-19(23-2)8-6-17/h5-8,18,22H,3-4,9-16H2,1-2H3. The van der Waals surface area contributed by atoms with Crippen molar-refractivity contribution in [1.82, 2.24) is 9.80 Å². The van der Waals surface area contributed by atoms with Crippen LogP contribution in [0.3, 0.4) is 0 Å². The maximum absolute atomic E-state index is 10.2. The average molecular weight is 336 g/mol. The van der Waals surface area contributed by atoms with Gasteiger partial charge in [0.2, 0.25) is 0 Å². The molecular weight excluding hydrogens is 304 g/mol. The van der Waals surface area contributed by atoms with Crippen LogP contribution in [0, 0.1) is 0 Å². The molecule has 0 bridgehead atoms. The summed E-state index contributed by atoms with van der Waals surface area (Å²) >= 11 is 0. The molecule has 1 heterocycles. The van der Waals surface area contributed by atoms with E-state index in [9.17, 15) is 5.11 Å². The van der Waals surface area contributed by atoms with Gasteiger partial charge in [0, 0.05) is 39.3 Å². The quantitative estimate of drug-likeness (QED) is 0.708. The lowest BCUT2D eigenvalue weighted by Gasteiger charge is -2.31. The fourth-order valence-electron chi connectivity index (χ4n) is 3.05. The molecule has 1 aliphatic heterocycles. The number of benzene rings is 1. The van der Waals surface area contributed by atoms with Crippen LogP contribution in [-0.4, -0.2) is 74.1 Å².